The van der Waals surface area contributed by atoms with Crippen molar-refractivity contribution >= 4 is 23.4 Å². The van der Waals surface area contributed by atoms with E-state index in [0.29, 0.717) is 13.1 Å². The van der Waals surface area contributed by atoms with Crippen LogP contribution >= 0.6 is 0 Å². The summed E-state index contributed by atoms with van der Waals surface area (Å²) in [5.41, 5.74) is 2.42. The summed E-state index contributed by atoms with van der Waals surface area (Å²) < 4.78 is 0. The molecule has 2 saturated heterocycles. The number of amides is 3. The fourth-order valence-corrected chi connectivity index (χ4v) is 6.10. The van der Waals surface area contributed by atoms with Crippen LogP contribution in [-0.2, 0) is 14.4 Å². The lowest BCUT2D eigenvalue weighted by molar-refractivity contribution is -0.141. The predicted octanol–water partition coefficient (Wildman–Crippen LogP) is 2.62. The van der Waals surface area contributed by atoms with Crippen LogP contribution in [0.15, 0.2) is 36.4 Å². The topological polar surface area (TPSA) is 60.9 Å². The lowest BCUT2D eigenvalue weighted by atomic mass is 9.63. The van der Waals surface area contributed by atoms with Gasteiger partial charge in [-0.3, -0.25) is 19.3 Å². The number of aryl methyl sites for hydroxylation is 1. The Morgan fingerprint density at radius 2 is 1.71 bits per heavy atom. The highest BCUT2D eigenvalue weighted by molar-refractivity contribution is 6.06. The van der Waals surface area contributed by atoms with Crippen molar-refractivity contribution in [3.05, 3.63) is 42.0 Å². The van der Waals surface area contributed by atoms with E-state index in [1.165, 1.54) is 16.2 Å². The molecule has 2 heterocycles. The van der Waals surface area contributed by atoms with E-state index in [0.717, 1.165) is 19.4 Å². The van der Waals surface area contributed by atoms with E-state index in [9.17, 15) is 14.4 Å². The first-order valence-electron chi connectivity index (χ1n) is 11.6. The van der Waals surface area contributed by atoms with Crippen molar-refractivity contribution < 1.29 is 14.4 Å². The Labute approximate surface area is 183 Å². The molecule has 5 atom stereocenters. The molecule has 2 aliphatic heterocycles. The molecule has 3 aliphatic carbocycles. The molecule has 3 amide bonds. The molecule has 1 aromatic carbocycles. The number of likely N-dealkylation sites (tertiary alicyclic amines) is 1. The molecule has 1 aromatic rings. The standard InChI is InChI=1S/C25H31N3O3/c1-16-4-3-5-20(14-16)27-13-12-26(15-17(27)2)21(29)10-11-28-24(30)22-18-6-7-19(9-8-18)23(22)25(28)31/h3-7,14,17-19,22-23H,8-13,15H2,1-2H3. The summed E-state index contributed by atoms with van der Waals surface area (Å²) >= 11 is 0. The summed E-state index contributed by atoms with van der Waals surface area (Å²) in [6.45, 7) is 6.56. The first-order chi connectivity index (χ1) is 14.9. The summed E-state index contributed by atoms with van der Waals surface area (Å²) in [5.74, 6) is -0.0646. The van der Waals surface area contributed by atoms with E-state index in [1.807, 2.05) is 4.90 Å². The number of piperazine rings is 1. The van der Waals surface area contributed by atoms with Crippen LogP contribution < -0.4 is 4.90 Å². The molecule has 6 rings (SSSR count). The second-order valence-electron chi connectivity index (χ2n) is 9.64. The Hall–Kier alpha value is -2.63. The third kappa shape index (κ3) is 3.46. The number of carbonyl (C=O) groups excluding carboxylic acids is 3. The van der Waals surface area contributed by atoms with Crippen molar-refractivity contribution in [2.45, 2.75) is 39.2 Å². The minimum absolute atomic E-state index is 0.0345. The number of benzene rings is 1. The number of fused-ring (bicyclic) bond motifs is 1. The van der Waals surface area contributed by atoms with Crippen molar-refractivity contribution in [2.24, 2.45) is 23.7 Å². The van der Waals surface area contributed by atoms with Crippen LogP contribution in [0.5, 0.6) is 0 Å². The number of nitrogens with zero attached hydrogens (tertiary/aromatic N) is 3. The van der Waals surface area contributed by atoms with E-state index in [4.69, 9.17) is 0 Å². The third-order valence-corrected chi connectivity index (χ3v) is 7.71. The zero-order valence-electron chi connectivity index (χ0n) is 18.4. The van der Waals surface area contributed by atoms with Gasteiger partial charge < -0.3 is 9.80 Å². The number of imide groups is 1. The highest BCUT2D eigenvalue weighted by Crippen LogP contribution is 2.49. The smallest absolute Gasteiger partial charge is 0.233 e. The first-order valence-corrected chi connectivity index (χ1v) is 11.6. The second kappa shape index (κ2) is 7.81. The zero-order chi connectivity index (χ0) is 21.7. The van der Waals surface area contributed by atoms with Crippen LogP contribution in [0, 0.1) is 30.6 Å². The molecule has 0 N–H and O–H groups in total. The molecule has 5 aliphatic rings. The quantitative estimate of drug-likeness (QED) is 0.554. The second-order valence-corrected chi connectivity index (χ2v) is 9.64. The molecule has 6 nitrogen and oxygen atoms in total. The molecule has 31 heavy (non-hydrogen) atoms. The van der Waals surface area contributed by atoms with Gasteiger partial charge in [0.2, 0.25) is 17.7 Å². The highest BCUT2D eigenvalue weighted by atomic mass is 16.2. The van der Waals surface area contributed by atoms with Gasteiger partial charge in [0.15, 0.2) is 0 Å². The van der Waals surface area contributed by atoms with Crippen LogP contribution in [0.3, 0.4) is 0 Å². The van der Waals surface area contributed by atoms with Crippen LogP contribution in [0.25, 0.3) is 0 Å². The fourth-order valence-electron chi connectivity index (χ4n) is 6.10. The van der Waals surface area contributed by atoms with Crippen molar-refractivity contribution in [3.8, 4) is 0 Å². The summed E-state index contributed by atoms with van der Waals surface area (Å²) in [6.07, 6.45) is 6.47. The van der Waals surface area contributed by atoms with Gasteiger partial charge in [0.1, 0.15) is 0 Å². The largest absolute Gasteiger partial charge is 0.365 e. The molecule has 0 radical (unpaired) electrons. The number of allylic oxidation sites excluding steroid dienone is 2. The van der Waals surface area contributed by atoms with Gasteiger partial charge in [0.05, 0.1) is 11.8 Å². The van der Waals surface area contributed by atoms with E-state index >= 15 is 0 Å². The van der Waals surface area contributed by atoms with Crippen molar-refractivity contribution in [3.63, 3.8) is 0 Å². The van der Waals surface area contributed by atoms with Gasteiger partial charge in [0, 0.05) is 44.3 Å². The number of rotatable bonds is 4. The van der Waals surface area contributed by atoms with Crippen LogP contribution in [0.1, 0.15) is 31.7 Å². The van der Waals surface area contributed by atoms with Crippen LogP contribution in [-0.4, -0.2) is 59.7 Å². The van der Waals surface area contributed by atoms with Crippen molar-refractivity contribution in [2.75, 3.05) is 31.1 Å². The van der Waals surface area contributed by atoms with Crippen LogP contribution in [0.4, 0.5) is 5.69 Å². The van der Waals surface area contributed by atoms with Crippen molar-refractivity contribution in [1.29, 1.82) is 0 Å². The first kappa shape index (κ1) is 20.3. The van der Waals surface area contributed by atoms with Gasteiger partial charge in [-0.1, -0.05) is 24.3 Å². The Bertz CT molecular complexity index is 910. The van der Waals surface area contributed by atoms with E-state index in [2.05, 4.69) is 55.2 Å². The van der Waals surface area contributed by atoms with Gasteiger partial charge in [-0.05, 0) is 56.2 Å². The Morgan fingerprint density at radius 3 is 2.29 bits per heavy atom. The maximum atomic E-state index is 12.9. The molecule has 6 heteroatoms. The average Bonchev–Trinajstić information content (AvgIpc) is 3.05. The Kier molecular flexibility index (Phi) is 5.11. The van der Waals surface area contributed by atoms with Gasteiger partial charge in [0.25, 0.3) is 0 Å². The SMILES string of the molecule is Cc1cccc(N2CCN(C(=O)CCN3C(=O)C4C5C=CC(CC5)C4C3=O)CC2C)c1. The molecule has 164 valence electrons. The zero-order valence-corrected chi connectivity index (χ0v) is 18.4. The molecular formula is C25H31N3O3. The summed E-state index contributed by atoms with van der Waals surface area (Å²) in [5, 5.41) is 0. The number of carbonyl (C=O) groups is 3. The minimum atomic E-state index is -0.191. The predicted molar refractivity (Wildman–Crippen MR) is 118 cm³/mol. The van der Waals surface area contributed by atoms with Gasteiger partial charge in [-0.25, -0.2) is 0 Å². The van der Waals surface area contributed by atoms with Gasteiger partial charge in [-0.15, -0.1) is 0 Å². The maximum Gasteiger partial charge on any atom is 0.233 e. The third-order valence-electron chi connectivity index (χ3n) is 7.71. The van der Waals surface area contributed by atoms with E-state index in [-0.39, 0.29) is 60.4 Å². The number of hydrogen-bond donors (Lipinski definition) is 0. The average molecular weight is 422 g/mol. The Morgan fingerprint density at radius 1 is 1.03 bits per heavy atom. The summed E-state index contributed by atoms with van der Waals surface area (Å²) in [7, 11) is 0. The molecule has 2 bridgehead atoms. The highest BCUT2D eigenvalue weighted by Gasteiger charge is 2.56. The molecular weight excluding hydrogens is 390 g/mol. The Balaban J connectivity index is 1.18. The maximum absolute atomic E-state index is 12.9. The fraction of sp³-hybridized carbons (Fsp3) is 0.560. The molecule has 3 fully saturated rings. The normalized spacial score (nSPS) is 32.1. The number of anilines is 1. The monoisotopic (exact) mass is 421 g/mol. The molecule has 0 aromatic heterocycles. The number of hydrogen-bond acceptors (Lipinski definition) is 4. The molecule has 0 spiro atoms. The summed E-state index contributed by atoms with van der Waals surface area (Å²) in [6, 6.07) is 8.68. The lowest BCUT2D eigenvalue weighted by Crippen LogP contribution is -2.54. The van der Waals surface area contributed by atoms with Gasteiger partial charge >= 0.3 is 0 Å². The van der Waals surface area contributed by atoms with Gasteiger partial charge in [-0.2, -0.15) is 0 Å². The van der Waals surface area contributed by atoms with Crippen molar-refractivity contribution in [1.82, 2.24) is 9.80 Å². The van der Waals surface area contributed by atoms with E-state index in [1.54, 1.807) is 0 Å². The van der Waals surface area contributed by atoms with Crippen LogP contribution in [0.2, 0.25) is 0 Å². The summed E-state index contributed by atoms with van der Waals surface area (Å²) in [4.78, 5) is 44.4. The molecule has 1 saturated carbocycles. The van der Waals surface area contributed by atoms with E-state index < -0.39 is 0 Å². The minimum Gasteiger partial charge on any atom is -0.365 e. The molecule has 5 unspecified atom stereocenters. The lowest BCUT2D eigenvalue weighted by Gasteiger charge is -2.41.